The molecule has 6 nitrogen and oxygen atoms in total. The van der Waals surface area contributed by atoms with E-state index < -0.39 is 0 Å². The number of fused-ring (bicyclic) bond motifs is 2. The quantitative estimate of drug-likeness (QED) is 0.753. The minimum atomic E-state index is -0.153. The number of hydrogen-bond acceptors (Lipinski definition) is 4. The summed E-state index contributed by atoms with van der Waals surface area (Å²) in [6.45, 7) is 8.46. The number of aromatic amines is 2. The fourth-order valence-electron chi connectivity index (χ4n) is 3.33. The lowest BCUT2D eigenvalue weighted by Gasteiger charge is -2.28. The standard InChI is InChI=1S/C19H23N5O/c1-19(2,3)18-20-14-8-9-24(10-13(14)17(25)21-18)11-16-12-6-4-5-7-15(12)22-23-16/h4-7H,8-11H2,1-3H3,(H,22,23)(H,20,21,25). The highest BCUT2D eigenvalue weighted by Crippen LogP contribution is 2.22. The third kappa shape index (κ3) is 2.98. The van der Waals surface area contributed by atoms with Gasteiger partial charge >= 0.3 is 0 Å². The molecule has 0 aliphatic carbocycles. The number of para-hydroxylation sites is 1. The predicted molar refractivity (Wildman–Crippen MR) is 97.5 cm³/mol. The predicted octanol–water partition coefficient (Wildman–Crippen LogP) is 2.50. The van der Waals surface area contributed by atoms with Crippen molar-refractivity contribution < 1.29 is 0 Å². The van der Waals surface area contributed by atoms with E-state index in [9.17, 15) is 4.79 Å². The second-order valence-electron chi connectivity index (χ2n) is 7.77. The molecular formula is C19H23N5O. The summed E-state index contributed by atoms with van der Waals surface area (Å²) in [4.78, 5) is 22.5. The van der Waals surface area contributed by atoms with Crippen molar-refractivity contribution >= 4 is 10.9 Å². The van der Waals surface area contributed by atoms with Crippen LogP contribution in [0.4, 0.5) is 0 Å². The minimum Gasteiger partial charge on any atom is -0.310 e. The van der Waals surface area contributed by atoms with Crippen molar-refractivity contribution in [2.45, 2.75) is 45.7 Å². The van der Waals surface area contributed by atoms with Gasteiger partial charge in [0.05, 0.1) is 22.5 Å². The van der Waals surface area contributed by atoms with Gasteiger partial charge in [0.15, 0.2) is 0 Å². The zero-order valence-electron chi connectivity index (χ0n) is 14.9. The second-order valence-corrected chi connectivity index (χ2v) is 7.77. The van der Waals surface area contributed by atoms with Crippen LogP contribution in [0.5, 0.6) is 0 Å². The molecular weight excluding hydrogens is 314 g/mol. The van der Waals surface area contributed by atoms with Crippen LogP contribution in [0, 0.1) is 0 Å². The Morgan fingerprint density at radius 3 is 2.84 bits per heavy atom. The van der Waals surface area contributed by atoms with Gasteiger partial charge in [-0.15, -0.1) is 0 Å². The molecule has 0 saturated heterocycles. The van der Waals surface area contributed by atoms with Gasteiger partial charge in [-0.05, 0) is 6.07 Å². The number of nitrogens with one attached hydrogen (secondary N) is 2. The first-order valence-corrected chi connectivity index (χ1v) is 8.69. The molecule has 1 aliphatic rings. The first-order chi connectivity index (χ1) is 11.9. The number of H-pyrrole nitrogens is 2. The van der Waals surface area contributed by atoms with Gasteiger partial charge in [0, 0.05) is 36.9 Å². The Morgan fingerprint density at radius 1 is 1.24 bits per heavy atom. The first-order valence-electron chi connectivity index (χ1n) is 8.69. The molecule has 6 heteroatoms. The Balaban J connectivity index is 1.60. The Hall–Kier alpha value is -2.47. The van der Waals surface area contributed by atoms with Crippen molar-refractivity contribution in [3.63, 3.8) is 0 Å². The van der Waals surface area contributed by atoms with E-state index in [0.29, 0.717) is 6.54 Å². The molecule has 1 aliphatic heterocycles. The highest BCUT2D eigenvalue weighted by Gasteiger charge is 2.25. The number of rotatable bonds is 2. The van der Waals surface area contributed by atoms with E-state index in [0.717, 1.165) is 53.2 Å². The summed E-state index contributed by atoms with van der Waals surface area (Å²) in [6.07, 6.45) is 0.800. The molecule has 0 saturated carbocycles. The van der Waals surface area contributed by atoms with Crippen LogP contribution < -0.4 is 5.56 Å². The molecule has 0 bridgehead atoms. The molecule has 0 unspecified atom stereocenters. The summed E-state index contributed by atoms with van der Waals surface area (Å²) in [5.74, 6) is 0.768. The van der Waals surface area contributed by atoms with Gasteiger partial charge in [-0.1, -0.05) is 39.0 Å². The second kappa shape index (κ2) is 5.81. The first kappa shape index (κ1) is 16.0. The van der Waals surface area contributed by atoms with E-state index in [1.165, 1.54) is 0 Å². The molecule has 0 fully saturated rings. The molecule has 3 aromatic rings. The Morgan fingerprint density at radius 2 is 2.04 bits per heavy atom. The van der Waals surface area contributed by atoms with E-state index in [-0.39, 0.29) is 11.0 Å². The van der Waals surface area contributed by atoms with Gasteiger partial charge in [0.1, 0.15) is 5.82 Å². The largest absolute Gasteiger partial charge is 0.310 e. The lowest BCUT2D eigenvalue weighted by molar-refractivity contribution is 0.239. The van der Waals surface area contributed by atoms with Crippen LogP contribution in [-0.2, 0) is 24.9 Å². The van der Waals surface area contributed by atoms with Gasteiger partial charge in [0.25, 0.3) is 5.56 Å². The molecule has 130 valence electrons. The lowest BCUT2D eigenvalue weighted by atomic mass is 9.95. The summed E-state index contributed by atoms with van der Waals surface area (Å²) in [5, 5.41) is 8.63. The van der Waals surface area contributed by atoms with Gasteiger partial charge < -0.3 is 4.98 Å². The summed E-state index contributed by atoms with van der Waals surface area (Å²) in [6, 6.07) is 8.09. The van der Waals surface area contributed by atoms with Crippen LogP contribution in [0.15, 0.2) is 29.1 Å². The van der Waals surface area contributed by atoms with Gasteiger partial charge in [-0.25, -0.2) is 4.98 Å². The Bertz CT molecular complexity index is 979. The number of nitrogens with zero attached hydrogens (tertiary/aromatic N) is 3. The van der Waals surface area contributed by atoms with Crippen LogP contribution in [0.1, 0.15) is 43.5 Å². The monoisotopic (exact) mass is 337 g/mol. The SMILES string of the molecule is CC(C)(C)c1nc2c(c(=O)[nH]1)CN(Cc1[nH]nc3ccccc13)CC2. The average Bonchev–Trinajstić information content (AvgIpc) is 2.98. The van der Waals surface area contributed by atoms with Crippen LogP contribution in [0.3, 0.4) is 0 Å². The van der Waals surface area contributed by atoms with Crippen LogP contribution in [0.2, 0.25) is 0 Å². The average molecular weight is 337 g/mol. The molecule has 4 rings (SSSR count). The Labute approximate surface area is 146 Å². The highest BCUT2D eigenvalue weighted by atomic mass is 16.1. The molecule has 0 spiro atoms. The summed E-state index contributed by atoms with van der Waals surface area (Å²) >= 11 is 0. The van der Waals surface area contributed by atoms with E-state index in [4.69, 9.17) is 4.98 Å². The third-order valence-corrected chi connectivity index (χ3v) is 4.78. The van der Waals surface area contributed by atoms with E-state index >= 15 is 0 Å². The topological polar surface area (TPSA) is 77.7 Å². The number of aromatic nitrogens is 4. The molecule has 0 amide bonds. The minimum absolute atomic E-state index is 0.00547. The molecule has 25 heavy (non-hydrogen) atoms. The molecule has 2 N–H and O–H groups in total. The van der Waals surface area contributed by atoms with Crippen molar-refractivity contribution in [2.24, 2.45) is 0 Å². The number of benzene rings is 1. The maximum absolute atomic E-state index is 12.5. The van der Waals surface area contributed by atoms with Crippen molar-refractivity contribution in [1.29, 1.82) is 0 Å². The highest BCUT2D eigenvalue weighted by molar-refractivity contribution is 5.81. The fraction of sp³-hybridized carbons (Fsp3) is 0.421. The van der Waals surface area contributed by atoms with Crippen molar-refractivity contribution in [3.05, 3.63) is 57.4 Å². The molecule has 0 atom stereocenters. The summed E-state index contributed by atoms with van der Waals surface area (Å²) in [7, 11) is 0. The van der Waals surface area contributed by atoms with Gasteiger partial charge in [0.2, 0.25) is 0 Å². The van der Waals surface area contributed by atoms with Crippen LogP contribution in [-0.4, -0.2) is 31.6 Å². The van der Waals surface area contributed by atoms with Gasteiger partial charge in [-0.2, -0.15) is 5.10 Å². The van der Waals surface area contributed by atoms with Crippen molar-refractivity contribution in [3.8, 4) is 0 Å². The van der Waals surface area contributed by atoms with Crippen molar-refractivity contribution in [2.75, 3.05) is 6.54 Å². The molecule has 2 aromatic heterocycles. The fourth-order valence-corrected chi connectivity index (χ4v) is 3.33. The molecule has 1 aromatic carbocycles. The Kier molecular flexibility index (Phi) is 3.72. The van der Waals surface area contributed by atoms with Crippen LogP contribution >= 0.6 is 0 Å². The molecule has 3 heterocycles. The summed E-state index contributed by atoms with van der Waals surface area (Å²) < 4.78 is 0. The lowest BCUT2D eigenvalue weighted by Crippen LogP contribution is -2.37. The normalized spacial score (nSPS) is 15.5. The van der Waals surface area contributed by atoms with Crippen molar-refractivity contribution in [1.82, 2.24) is 25.1 Å². The smallest absolute Gasteiger partial charge is 0.255 e. The number of hydrogen-bond donors (Lipinski definition) is 2. The maximum atomic E-state index is 12.5. The zero-order chi connectivity index (χ0) is 17.6. The van der Waals surface area contributed by atoms with E-state index in [2.05, 4.69) is 46.9 Å². The summed E-state index contributed by atoms with van der Waals surface area (Å²) in [5.41, 5.74) is 3.65. The molecule has 0 radical (unpaired) electrons. The zero-order valence-corrected chi connectivity index (χ0v) is 14.9. The van der Waals surface area contributed by atoms with Crippen LogP contribution in [0.25, 0.3) is 10.9 Å². The maximum Gasteiger partial charge on any atom is 0.255 e. The van der Waals surface area contributed by atoms with E-state index in [1.54, 1.807) is 0 Å². The third-order valence-electron chi connectivity index (χ3n) is 4.78. The van der Waals surface area contributed by atoms with Gasteiger partial charge in [-0.3, -0.25) is 14.8 Å². The van der Waals surface area contributed by atoms with E-state index in [1.807, 2.05) is 18.2 Å².